The number of benzene rings is 4. The van der Waals surface area contributed by atoms with Crippen molar-refractivity contribution in [2.24, 2.45) is 5.92 Å². The fourth-order valence-corrected chi connectivity index (χ4v) is 8.91. The number of nitrogens with zero attached hydrogens (tertiary/aromatic N) is 1. The van der Waals surface area contributed by atoms with E-state index in [1.54, 1.807) is 14.2 Å². The molecule has 4 aromatic rings. The molecule has 0 aliphatic rings. The van der Waals surface area contributed by atoms with Crippen LogP contribution in [0.25, 0.3) is 0 Å². The fourth-order valence-electron chi connectivity index (χ4n) is 7.14. The van der Waals surface area contributed by atoms with Gasteiger partial charge in [0, 0.05) is 25.2 Å². The van der Waals surface area contributed by atoms with Gasteiger partial charge in [0.2, 0.25) is 5.91 Å². The quantitative estimate of drug-likeness (QED) is 0.0380. The molecular formula is C49H69N2O7P. The molecule has 0 saturated heterocycles. The lowest BCUT2D eigenvalue weighted by Crippen LogP contribution is -2.39. The van der Waals surface area contributed by atoms with Gasteiger partial charge in [0.1, 0.15) is 23.2 Å². The number of hydrogen-bond acceptors (Lipinski definition) is 8. The Labute approximate surface area is 356 Å². The number of ether oxygens (including phenoxy) is 4. The van der Waals surface area contributed by atoms with E-state index in [9.17, 15) is 4.79 Å². The predicted octanol–water partition coefficient (Wildman–Crippen LogP) is 10.7. The van der Waals surface area contributed by atoms with Gasteiger partial charge in [-0.1, -0.05) is 99.6 Å². The highest BCUT2D eigenvalue weighted by Gasteiger charge is 2.40. The van der Waals surface area contributed by atoms with Crippen LogP contribution in [0.5, 0.6) is 11.5 Å². The summed E-state index contributed by atoms with van der Waals surface area (Å²) in [7, 11) is 1.87. The van der Waals surface area contributed by atoms with E-state index in [2.05, 4.69) is 119 Å². The van der Waals surface area contributed by atoms with Crippen molar-refractivity contribution < 1.29 is 32.8 Å². The normalized spacial score (nSPS) is 13.5. The van der Waals surface area contributed by atoms with Gasteiger partial charge < -0.3 is 33.3 Å². The molecule has 1 amide bonds. The topological polar surface area (TPSA) is 87.7 Å². The monoisotopic (exact) mass is 828 g/mol. The number of hydrogen-bond donors (Lipinski definition) is 1. The lowest BCUT2D eigenvalue weighted by atomic mass is 9.80. The molecular weight excluding hydrogens is 760 g/mol. The van der Waals surface area contributed by atoms with Gasteiger partial charge in [-0.15, -0.1) is 0 Å². The van der Waals surface area contributed by atoms with Crippen molar-refractivity contribution in [2.75, 3.05) is 47.2 Å². The molecule has 0 radical (unpaired) electrons. The Bertz CT molecular complexity index is 1710. The number of carbonyl (C=O) groups is 1. The van der Waals surface area contributed by atoms with Gasteiger partial charge in [0.05, 0.1) is 40.0 Å². The van der Waals surface area contributed by atoms with Crippen LogP contribution in [0.1, 0.15) is 102 Å². The summed E-state index contributed by atoms with van der Waals surface area (Å²) in [5.41, 5.74) is 4.10. The van der Waals surface area contributed by atoms with E-state index in [1.165, 1.54) is 5.56 Å². The van der Waals surface area contributed by atoms with Crippen LogP contribution in [-0.4, -0.2) is 76.0 Å². The van der Waals surface area contributed by atoms with Crippen molar-refractivity contribution in [3.8, 4) is 11.5 Å². The summed E-state index contributed by atoms with van der Waals surface area (Å²) in [4.78, 5) is 13.1. The van der Waals surface area contributed by atoms with Crippen molar-refractivity contribution in [2.45, 2.75) is 104 Å². The predicted molar refractivity (Wildman–Crippen MR) is 240 cm³/mol. The molecule has 4 aromatic carbocycles. The molecule has 1 N–H and O–H groups in total. The summed E-state index contributed by atoms with van der Waals surface area (Å²) >= 11 is 0. The standard InChI is InChI=1S/C49H69N2O7P/c1-11-31-57-59(51(37(4)5)38(6)7)58-47(34-55-32-15-30-50-48(52)39(8)41-20-18-40(19-21-41)33-36(2)3)35-56-49(42-16-13-12-14-17-42,43-22-26-45(53-9)27-23-43)44-24-28-46(54-10)29-25-44/h12-14,16-29,36-39,47H,11,15,30-35H2,1-10H3,(H,50,52). The van der Waals surface area contributed by atoms with Gasteiger partial charge in [0.25, 0.3) is 8.53 Å². The van der Waals surface area contributed by atoms with Gasteiger partial charge in [-0.2, -0.15) is 0 Å². The minimum atomic E-state index is -1.46. The second-order valence-corrected chi connectivity index (χ2v) is 17.4. The van der Waals surface area contributed by atoms with Crippen LogP contribution in [0.4, 0.5) is 0 Å². The highest BCUT2D eigenvalue weighted by Crippen LogP contribution is 2.48. The lowest BCUT2D eigenvalue weighted by molar-refractivity contribution is -0.122. The third kappa shape index (κ3) is 13.9. The van der Waals surface area contributed by atoms with Gasteiger partial charge in [-0.05, 0) is 112 Å². The molecule has 3 unspecified atom stereocenters. The average Bonchev–Trinajstić information content (AvgIpc) is 3.24. The van der Waals surface area contributed by atoms with Gasteiger partial charge >= 0.3 is 0 Å². The van der Waals surface area contributed by atoms with Gasteiger partial charge in [-0.3, -0.25) is 4.79 Å². The molecule has 0 bridgehead atoms. The zero-order chi connectivity index (χ0) is 42.8. The Hall–Kier alpha value is -3.82. The first-order valence-corrected chi connectivity index (χ1v) is 22.4. The average molecular weight is 829 g/mol. The smallest absolute Gasteiger partial charge is 0.259 e. The molecule has 322 valence electrons. The van der Waals surface area contributed by atoms with E-state index < -0.39 is 20.2 Å². The zero-order valence-electron chi connectivity index (χ0n) is 37.1. The Kier molecular flexibility index (Phi) is 19.8. The minimum Gasteiger partial charge on any atom is -0.497 e. The molecule has 59 heavy (non-hydrogen) atoms. The highest BCUT2D eigenvalue weighted by atomic mass is 31.2. The molecule has 0 aliphatic heterocycles. The molecule has 0 aromatic heterocycles. The number of carbonyl (C=O) groups excluding carboxylic acids is 1. The maximum Gasteiger partial charge on any atom is 0.259 e. The molecule has 3 atom stereocenters. The second-order valence-electron chi connectivity index (χ2n) is 16.0. The van der Waals surface area contributed by atoms with Crippen molar-refractivity contribution >= 4 is 14.4 Å². The second kappa shape index (κ2) is 24.4. The Morgan fingerprint density at radius 1 is 0.712 bits per heavy atom. The van der Waals surface area contributed by atoms with E-state index in [0.717, 1.165) is 46.6 Å². The molecule has 9 nitrogen and oxygen atoms in total. The summed E-state index contributed by atoms with van der Waals surface area (Å²) in [5.74, 6) is 1.86. The van der Waals surface area contributed by atoms with Crippen LogP contribution in [0.2, 0.25) is 0 Å². The molecule has 0 fully saturated rings. The number of methoxy groups -OCH3 is 2. The van der Waals surface area contributed by atoms with E-state index in [4.69, 9.17) is 28.0 Å². The van der Waals surface area contributed by atoms with Crippen LogP contribution in [0.3, 0.4) is 0 Å². The summed E-state index contributed by atoms with van der Waals surface area (Å²) in [6.07, 6.45) is 2.05. The summed E-state index contributed by atoms with van der Waals surface area (Å²) in [6.45, 7) is 19.1. The van der Waals surface area contributed by atoms with Gasteiger partial charge in [0.15, 0.2) is 0 Å². The fraction of sp³-hybridized carbons (Fsp3) is 0.490. The van der Waals surface area contributed by atoms with Crippen molar-refractivity contribution in [1.29, 1.82) is 0 Å². The lowest BCUT2D eigenvalue weighted by Gasteiger charge is -2.39. The van der Waals surface area contributed by atoms with Crippen LogP contribution in [0, 0.1) is 5.92 Å². The van der Waals surface area contributed by atoms with E-state index in [1.807, 2.05) is 49.4 Å². The third-order valence-electron chi connectivity index (χ3n) is 10.1. The SMILES string of the molecule is CCCOP(OC(COCCCNC(=O)C(C)c1ccc(CC(C)C)cc1)COC(c1ccccc1)(c1ccc(OC)cc1)c1ccc(OC)cc1)N(C(C)C)C(C)C. The summed E-state index contributed by atoms with van der Waals surface area (Å²) in [5, 5.41) is 3.11. The van der Waals surface area contributed by atoms with Crippen molar-refractivity contribution in [1.82, 2.24) is 9.99 Å². The zero-order valence-corrected chi connectivity index (χ0v) is 38.0. The Morgan fingerprint density at radius 2 is 1.27 bits per heavy atom. The van der Waals surface area contributed by atoms with Crippen molar-refractivity contribution in [3.05, 3.63) is 131 Å². The van der Waals surface area contributed by atoms with Crippen LogP contribution >= 0.6 is 8.53 Å². The molecule has 0 aliphatic carbocycles. The maximum atomic E-state index is 13.1. The Morgan fingerprint density at radius 3 is 1.78 bits per heavy atom. The van der Waals surface area contributed by atoms with E-state index in [0.29, 0.717) is 32.1 Å². The van der Waals surface area contributed by atoms with E-state index >= 15 is 0 Å². The van der Waals surface area contributed by atoms with E-state index in [-0.39, 0.29) is 37.1 Å². The number of amides is 1. The third-order valence-corrected chi connectivity index (χ3v) is 12.3. The van der Waals surface area contributed by atoms with Crippen LogP contribution < -0.4 is 14.8 Å². The Balaban J connectivity index is 1.57. The molecule has 10 heteroatoms. The highest BCUT2D eigenvalue weighted by molar-refractivity contribution is 7.44. The molecule has 0 heterocycles. The first kappa shape index (κ1) is 47.9. The number of rotatable bonds is 26. The summed E-state index contributed by atoms with van der Waals surface area (Å²) in [6, 6.07) is 35.1. The van der Waals surface area contributed by atoms with Crippen molar-refractivity contribution in [3.63, 3.8) is 0 Å². The number of nitrogens with one attached hydrogen (secondary N) is 1. The van der Waals surface area contributed by atoms with Crippen LogP contribution in [-0.2, 0) is 35.3 Å². The molecule has 4 rings (SSSR count). The maximum absolute atomic E-state index is 13.1. The largest absolute Gasteiger partial charge is 0.497 e. The molecule has 0 saturated carbocycles. The first-order chi connectivity index (χ1) is 28.4. The first-order valence-electron chi connectivity index (χ1n) is 21.2. The minimum absolute atomic E-state index is 0.00621. The van der Waals surface area contributed by atoms with Crippen LogP contribution in [0.15, 0.2) is 103 Å². The summed E-state index contributed by atoms with van der Waals surface area (Å²) < 4.78 is 40.5. The molecule has 0 spiro atoms. The van der Waals surface area contributed by atoms with Gasteiger partial charge in [-0.25, -0.2) is 4.67 Å².